The van der Waals surface area contributed by atoms with E-state index >= 15 is 0 Å². The number of aliphatic hydroxyl groups excluding tert-OH is 1. The minimum absolute atomic E-state index is 0.0537. The van der Waals surface area contributed by atoms with E-state index < -0.39 is 0 Å². The van der Waals surface area contributed by atoms with E-state index in [0.29, 0.717) is 17.4 Å². The summed E-state index contributed by atoms with van der Waals surface area (Å²) in [5.74, 6) is 0.930. The number of amides is 1. The Balaban J connectivity index is 1.55. The Kier molecular flexibility index (Phi) is 3.81. The molecule has 0 spiro atoms. The molecule has 1 aromatic heterocycles. The van der Waals surface area contributed by atoms with Crippen LogP contribution in [0.25, 0.3) is 11.0 Å². The molecule has 1 aliphatic carbocycles. The molecule has 0 bridgehead atoms. The van der Waals surface area contributed by atoms with Crippen LogP contribution in [0.3, 0.4) is 0 Å². The van der Waals surface area contributed by atoms with Gasteiger partial charge in [-0.05, 0) is 50.9 Å². The summed E-state index contributed by atoms with van der Waals surface area (Å²) in [6, 6.07) is 5.87. The number of nitrogens with one attached hydrogen (secondary N) is 1. The number of benzene rings is 1. The van der Waals surface area contributed by atoms with Crippen LogP contribution in [0.5, 0.6) is 0 Å². The largest absolute Gasteiger partial charge is 0.391 e. The van der Waals surface area contributed by atoms with Gasteiger partial charge in [-0.25, -0.2) is 4.98 Å². The summed E-state index contributed by atoms with van der Waals surface area (Å²) in [5.41, 5.74) is 2.29. The number of aromatic amines is 1. The first kappa shape index (κ1) is 15.6. The van der Waals surface area contributed by atoms with Gasteiger partial charge in [0.25, 0.3) is 5.91 Å². The van der Waals surface area contributed by atoms with Crippen LogP contribution in [0.1, 0.15) is 23.2 Å². The highest BCUT2D eigenvalue weighted by atomic mass is 16.3. The molecule has 0 radical (unpaired) electrons. The Labute approximate surface area is 141 Å². The van der Waals surface area contributed by atoms with Gasteiger partial charge in [0, 0.05) is 19.1 Å². The summed E-state index contributed by atoms with van der Waals surface area (Å²) in [4.78, 5) is 24.4. The molecule has 6 nitrogen and oxygen atoms in total. The van der Waals surface area contributed by atoms with Gasteiger partial charge in [0.1, 0.15) is 5.52 Å². The number of hydrogen-bond donors (Lipinski definition) is 2. The smallest absolute Gasteiger partial charge is 0.256 e. The fourth-order valence-corrected chi connectivity index (χ4v) is 4.44. The molecule has 4 atom stereocenters. The Bertz CT molecular complexity index is 756. The number of likely N-dealkylation sites (N-methyl/N-ethyl adjacent to an activating group) is 1. The van der Waals surface area contributed by atoms with Crippen LogP contribution in [-0.4, -0.2) is 70.1 Å². The van der Waals surface area contributed by atoms with Crippen molar-refractivity contribution in [1.82, 2.24) is 19.8 Å². The molecule has 2 aliphatic rings. The molecule has 1 aliphatic heterocycles. The number of rotatable bonds is 2. The topological polar surface area (TPSA) is 72.5 Å². The number of hydrogen-bond acceptors (Lipinski definition) is 4. The molecule has 2 N–H and O–H groups in total. The maximum absolute atomic E-state index is 13.0. The normalized spacial score (nSPS) is 30.1. The van der Waals surface area contributed by atoms with Crippen molar-refractivity contribution in [1.29, 1.82) is 0 Å². The predicted molar refractivity (Wildman–Crippen MR) is 91.7 cm³/mol. The van der Waals surface area contributed by atoms with Crippen molar-refractivity contribution in [3.05, 3.63) is 30.1 Å². The van der Waals surface area contributed by atoms with Crippen LogP contribution >= 0.6 is 0 Å². The molecule has 6 heteroatoms. The van der Waals surface area contributed by atoms with Gasteiger partial charge in [-0.15, -0.1) is 0 Å². The monoisotopic (exact) mass is 328 g/mol. The number of para-hydroxylation sites is 1. The van der Waals surface area contributed by atoms with Gasteiger partial charge < -0.3 is 19.9 Å². The summed E-state index contributed by atoms with van der Waals surface area (Å²) >= 11 is 0. The fraction of sp³-hybridized carbons (Fsp3) is 0.556. The first-order chi connectivity index (χ1) is 11.5. The number of carbonyl (C=O) groups excluding carboxylic acids is 1. The van der Waals surface area contributed by atoms with E-state index in [1.54, 1.807) is 6.33 Å². The van der Waals surface area contributed by atoms with Crippen molar-refractivity contribution < 1.29 is 9.90 Å². The number of aliphatic hydroxyl groups is 1. The third kappa shape index (κ3) is 2.50. The minimum atomic E-state index is -0.300. The lowest BCUT2D eigenvalue weighted by Gasteiger charge is -2.38. The second kappa shape index (κ2) is 5.86. The summed E-state index contributed by atoms with van der Waals surface area (Å²) in [5, 5.41) is 10.4. The number of H-pyrrole nitrogens is 1. The average molecular weight is 328 g/mol. The zero-order valence-corrected chi connectivity index (χ0v) is 14.1. The first-order valence-electron chi connectivity index (χ1n) is 8.60. The number of aromatic nitrogens is 2. The van der Waals surface area contributed by atoms with Crippen LogP contribution < -0.4 is 0 Å². The van der Waals surface area contributed by atoms with Gasteiger partial charge >= 0.3 is 0 Å². The van der Waals surface area contributed by atoms with Crippen molar-refractivity contribution in [2.45, 2.75) is 25.0 Å². The van der Waals surface area contributed by atoms with Crippen molar-refractivity contribution in [2.24, 2.45) is 11.8 Å². The molecule has 1 saturated heterocycles. The molecule has 2 heterocycles. The van der Waals surface area contributed by atoms with Gasteiger partial charge in [0.15, 0.2) is 0 Å². The van der Waals surface area contributed by atoms with Gasteiger partial charge in [0.05, 0.1) is 23.5 Å². The molecule has 128 valence electrons. The Morgan fingerprint density at radius 2 is 2.04 bits per heavy atom. The maximum Gasteiger partial charge on any atom is 0.256 e. The summed E-state index contributed by atoms with van der Waals surface area (Å²) in [6.45, 7) is 1.52. The van der Waals surface area contributed by atoms with E-state index in [1.165, 1.54) is 0 Å². The molecular weight excluding hydrogens is 304 g/mol. The molecular formula is C18H24N4O2. The highest BCUT2D eigenvalue weighted by Crippen LogP contribution is 2.38. The van der Waals surface area contributed by atoms with E-state index in [2.05, 4.69) is 14.9 Å². The van der Waals surface area contributed by atoms with Crippen molar-refractivity contribution >= 4 is 16.9 Å². The third-order valence-corrected chi connectivity index (χ3v) is 5.74. The molecule has 4 rings (SSSR count). The number of imidazole rings is 1. The minimum Gasteiger partial charge on any atom is -0.391 e. The van der Waals surface area contributed by atoms with Crippen molar-refractivity contribution in [3.63, 3.8) is 0 Å². The Morgan fingerprint density at radius 3 is 2.79 bits per heavy atom. The molecule has 2 aromatic rings. The van der Waals surface area contributed by atoms with E-state index in [-0.39, 0.29) is 18.1 Å². The number of nitrogens with zero attached hydrogens (tertiary/aromatic N) is 3. The molecule has 1 saturated carbocycles. The Hall–Kier alpha value is -1.92. The number of fused-ring (bicyclic) bond motifs is 2. The number of likely N-dealkylation sites (tertiary alicyclic amines) is 1. The standard InChI is InChI=1S/C18H24N4O2/c1-21(2)15-6-11-8-22(9-12(11)7-16(15)23)18(24)13-4-3-5-14-17(13)20-10-19-14/h3-5,10-12,15-16,23H,6-9H2,1-2H3,(H,19,20)/t11-,12+,15-,16-/m1/s1. The van der Waals surface area contributed by atoms with E-state index in [4.69, 9.17) is 0 Å². The molecule has 1 amide bonds. The Morgan fingerprint density at radius 1 is 1.29 bits per heavy atom. The van der Waals surface area contributed by atoms with E-state index in [1.807, 2.05) is 37.2 Å². The third-order valence-electron chi connectivity index (χ3n) is 5.74. The summed E-state index contributed by atoms with van der Waals surface area (Å²) in [7, 11) is 4.04. The SMILES string of the molecule is CN(C)[C@@H]1C[C@@H]2CN(C(=O)c3cccc4[nH]cnc34)C[C@@H]2C[C@H]1O. The average Bonchev–Trinajstić information content (AvgIpc) is 3.18. The van der Waals surface area contributed by atoms with Gasteiger partial charge in [-0.3, -0.25) is 4.79 Å². The zero-order chi connectivity index (χ0) is 16.8. The number of carbonyl (C=O) groups is 1. The molecule has 2 fully saturated rings. The lowest BCUT2D eigenvalue weighted by atomic mass is 9.77. The lowest BCUT2D eigenvalue weighted by Crippen LogP contribution is -2.46. The maximum atomic E-state index is 13.0. The quantitative estimate of drug-likeness (QED) is 0.872. The molecule has 1 aromatic carbocycles. The molecule has 0 unspecified atom stereocenters. The highest BCUT2D eigenvalue weighted by molar-refractivity contribution is 6.04. The van der Waals surface area contributed by atoms with E-state index in [9.17, 15) is 9.90 Å². The van der Waals surface area contributed by atoms with Gasteiger partial charge in [-0.2, -0.15) is 0 Å². The van der Waals surface area contributed by atoms with Gasteiger partial charge in [0.2, 0.25) is 0 Å². The van der Waals surface area contributed by atoms with Crippen LogP contribution in [0.4, 0.5) is 0 Å². The second-order valence-electron chi connectivity index (χ2n) is 7.40. The second-order valence-corrected chi connectivity index (χ2v) is 7.40. The predicted octanol–water partition coefficient (Wildman–Crippen LogP) is 1.34. The van der Waals surface area contributed by atoms with Gasteiger partial charge in [-0.1, -0.05) is 6.07 Å². The summed E-state index contributed by atoms with van der Waals surface area (Å²) in [6.07, 6.45) is 3.06. The van der Waals surface area contributed by atoms with Crippen LogP contribution in [-0.2, 0) is 0 Å². The summed E-state index contributed by atoms with van der Waals surface area (Å²) < 4.78 is 0. The van der Waals surface area contributed by atoms with Crippen LogP contribution in [0.2, 0.25) is 0 Å². The van der Waals surface area contributed by atoms with E-state index in [0.717, 1.165) is 37.0 Å². The first-order valence-corrected chi connectivity index (χ1v) is 8.60. The fourth-order valence-electron chi connectivity index (χ4n) is 4.44. The van der Waals surface area contributed by atoms with Crippen LogP contribution in [0, 0.1) is 11.8 Å². The lowest BCUT2D eigenvalue weighted by molar-refractivity contribution is 0.00940. The highest BCUT2D eigenvalue weighted by Gasteiger charge is 2.43. The molecule has 24 heavy (non-hydrogen) atoms. The van der Waals surface area contributed by atoms with Crippen molar-refractivity contribution in [2.75, 3.05) is 27.2 Å². The van der Waals surface area contributed by atoms with Crippen LogP contribution in [0.15, 0.2) is 24.5 Å². The zero-order valence-electron chi connectivity index (χ0n) is 14.1. The van der Waals surface area contributed by atoms with Crippen molar-refractivity contribution in [3.8, 4) is 0 Å².